The van der Waals surface area contributed by atoms with Crippen molar-refractivity contribution in [1.82, 2.24) is 10.6 Å². The molecule has 1 rings (SSSR count). The normalized spacial score (nSPS) is 12.0. The van der Waals surface area contributed by atoms with Gasteiger partial charge in [-0.1, -0.05) is 20.8 Å². The summed E-state index contributed by atoms with van der Waals surface area (Å²) in [6.07, 6.45) is 0.224. The van der Waals surface area contributed by atoms with Crippen LogP contribution in [0.5, 0.6) is 11.5 Å². The second-order valence-electron chi connectivity index (χ2n) is 19.0. The van der Waals surface area contributed by atoms with Crippen molar-refractivity contribution in [3.63, 3.8) is 0 Å². The summed E-state index contributed by atoms with van der Waals surface area (Å²) in [5.41, 5.74) is -2.43. The molecule has 0 aromatic heterocycles. The number of hydrogen-bond donors (Lipinski definition) is 2. The zero-order chi connectivity index (χ0) is 43.6. The van der Waals surface area contributed by atoms with E-state index in [2.05, 4.69) is 10.6 Å². The highest BCUT2D eigenvalue weighted by Crippen LogP contribution is 2.20. The minimum atomic E-state index is -0.729. The molecule has 0 radical (unpaired) electrons. The number of esters is 3. The van der Waals surface area contributed by atoms with Crippen LogP contribution in [0.4, 0.5) is 0 Å². The Kier molecular flexibility index (Phi) is 21.5. The van der Waals surface area contributed by atoms with Gasteiger partial charge in [-0.3, -0.25) is 14.4 Å². The number of ether oxygens (including phenoxy) is 6. The van der Waals surface area contributed by atoms with Gasteiger partial charge in [0.15, 0.2) is 13.2 Å². The lowest BCUT2D eigenvalue weighted by molar-refractivity contribution is -0.163. The van der Waals surface area contributed by atoms with E-state index >= 15 is 0 Å². The van der Waals surface area contributed by atoms with Gasteiger partial charge < -0.3 is 39.1 Å². The fraction of sp³-hybridized carbons (Fsp3) is 0.707. The molecule has 14 heteroatoms. The van der Waals surface area contributed by atoms with Gasteiger partial charge in [-0.05, 0) is 134 Å². The van der Waals surface area contributed by atoms with Gasteiger partial charge in [0.05, 0.1) is 0 Å². The molecule has 0 spiro atoms. The number of hydrogen-bond acceptors (Lipinski definition) is 12. The number of Topliss-reactive ketones (excluding diaryl/α,β-unsaturated/α-hetero) is 1. The van der Waals surface area contributed by atoms with Crippen LogP contribution in [0.3, 0.4) is 0 Å². The Bertz CT molecular complexity index is 1270. The molecule has 1 aromatic rings. The van der Waals surface area contributed by atoms with E-state index in [0.717, 1.165) is 0 Å². The van der Waals surface area contributed by atoms with Gasteiger partial charge in [-0.25, -0.2) is 14.4 Å². The average Bonchev–Trinajstić information content (AvgIpc) is 2.90. The summed E-state index contributed by atoms with van der Waals surface area (Å²) in [5, 5.41) is 5.54. The third-order valence-corrected chi connectivity index (χ3v) is 5.19. The van der Waals surface area contributed by atoms with Crippen molar-refractivity contribution < 1.29 is 57.2 Å². The SMILES string of the molecule is CC(C)(C)CC(=O)C(=O)OC(C)(C)C.CC(C)(C)NC(=O)COCC(=O)OC(C)(C)C.CC(C)(C)NC(=O)COc1ccc(OCC(=O)OC(C)(C)C)cc1. The Morgan fingerprint density at radius 2 is 0.818 bits per heavy atom. The maximum absolute atomic E-state index is 11.7. The third-order valence-electron chi connectivity index (χ3n) is 5.19. The predicted molar refractivity (Wildman–Crippen MR) is 211 cm³/mol. The van der Waals surface area contributed by atoms with Crippen molar-refractivity contribution >= 4 is 35.5 Å². The maximum Gasteiger partial charge on any atom is 0.375 e. The number of carbonyl (C=O) groups excluding carboxylic acids is 6. The van der Waals surface area contributed by atoms with E-state index < -0.39 is 40.5 Å². The Morgan fingerprint density at radius 3 is 1.16 bits per heavy atom. The minimum absolute atomic E-state index is 0.0601. The van der Waals surface area contributed by atoms with Gasteiger partial charge in [0.25, 0.3) is 5.91 Å². The largest absolute Gasteiger partial charge is 0.484 e. The van der Waals surface area contributed by atoms with Crippen LogP contribution >= 0.6 is 0 Å². The van der Waals surface area contributed by atoms with Crippen LogP contribution in [-0.4, -0.2) is 89.8 Å². The van der Waals surface area contributed by atoms with Crippen molar-refractivity contribution in [2.45, 2.75) is 159 Å². The first-order valence-electron chi connectivity index (χ1n) is 18.2. The van der Waals surface area contributed by atoms with E-state index in [1.807, 2.05) is 62.3 Å². The minimum Gasteiger partial charge on any atom is -0.484 e. The van der Waals surface area contributed by atoms with Crippen LogP contribution in [0.15, 0.2) is 24.3 Å². The third kappa shape index (κ3) is 36.5. The zero-order valence-corrected chi connectivity index (χ0v) is 36.7. The van der Waals surface area contributed by atoms with Crippen molar-refractivity contribution in [2.75, 3.05) is 26.4 Å². The Morgan fingerprint density at radius 1 is 0.473 bits per heavy atom. The molecule has 0 fully saturated rings. The number of rotatable bonds is 12. The standard InChI is InChI=1S/C18H27NO5.C12H23NO4.C11H20O3/c1-17(2,3)19-15(20)11-22-13-7-9-14(10-8-13)23-12-16(21)24-18(4,5)6;1-11(2,3)13-9(14)7-16-8-10(15)17-12(4,5)6;1-10(2,3)7-8(12)9(13)14-11(4,5)6/h7-10H,11-12H2,1-6H3,(H,19,20);7-8H2,1-6H3,(H,13,14);7H2,1-6H3. The first kappa shape index (κ1) is 52.9. The molecule has 0 aliphatic rings. The van der Waals surface area contributed by atoms with Crippen molar-refractivity contribution in [1.29, 1.82) is 0 Å². The average molecular weight is 783 g/mol. The van der Waals surface area contributed by atoms with Gasteiger partial charge in [0.1, 0.15) is 41.5 Å². The lowest BCUT2D eigenvalue weighted by Crippen LogP contribution is -2.43. The molecule has 0 aliphatic heterocycles. The van der Waals surface area contributed by atoms with Crippen molar-refractivity contribution in [3.8, 4) is 11.5 Å². The van der Waals surface area contributed by atoms with E-state index in [-0.39, 0.29) is 61.2 Å². The van der Waals surface area contributed by atoms with Crippen molar-refractivity contribution in [3.05, 3.63) is 24.3 Å². The molecular weight excluding hydrogens is 712 g/mol. The Hall–Kier alpha value is -4.20. The maximum atomic E-state index is 11.7. The molecule has 0 saturated heterocycles. The smallest absolute Gasteiger partial charge is 0.375 e. The monoisotopic (exact) mass is 782 g/mol. The van der Waals surface area contributed by atoms with Gasteiger partial charge in [0, 0.05) is 17.5 Å². The molecule has 0 aliphatic carbocycles. The van der Waals surface area contributed by atoms with Gasteiger partial charge in [-0.2, -0.15) is 0 Å². The molecule has 316 valence electrons. The first-order chi connectivity index (χ1) is 24.5. The molecule has 1 aromatic carbocycles. The van der Waals surface area contributed by atoms with Gasteiger partial charge in [0.2, 0.25) is 11.7 Å². The van der Waals surface area contributed by atoms with Gasteiger partial charge in [-0.15, -0.1) is 0 Å². The Balaban J connectivity index is 0. The summed E-state index contributed by atoms with van der Waals surface area (Å²) in [6, 6.07) is 6.69. The van der Waals surface area contributed by atoms with Gasteiger partial charge >= 0.3 is 17.9 Å². The fourth-order valence-electron chi connectivity index (χ4n) is 3.69. The second-order valence-corrected chi connectivity index (χ2v) is 19.0. The molecule has 0 saturated carbocycles. The molecular formula is C41H70N2O12. The van der Waals surface area contributed by atoms with E-state index in [9.17, 15) is 28.8 Å². The molecule has 0 unspecified atom stereocenters. The summed E-state index contributed by atoms with van der Waals surface area (Å²) in [4.78, 5) is 68.5. The molecule has 0 heterocycles. The van der Waals surface area contributed by atoms with Crippen molar-refractivity contribution in [2.24, 2.45) is 5.41 Å². The molecule has 0 bridgehead atoms. The van der Waals surface area contributed by atoms with Crippen LogP contribution in [-0.2, 0) is 47.7 Å². The van der Waals surface area contributed by atoms with E-state index in [0.29, 0.717) is 11.5 Å². The summed E-state index contributed by atoms with van der Waals surface area (Å²) in [6.45, 7) is 32.4. The number of ketones is 1. The Labute approximate surface area is 329 Å². The molecule has 55 heavy (non-hydrogen) atoms. The summed E-state index contributed by atoms with van der Waals surface area (Å²) < 4.78 is 30.9. The number of nitrogens with one attached hydrogen (secondary N) is 2. The molecule has 2 amide bonds. The predicted octanol–water partition coefficient (Wildman–Crippen LogP) is 6.29. The lowest BCUT2D eigenvalue weighted by atomic mass is 9.90. The highest BCUT2D eigenvalue weighted by Gasteiger charge is 2.26. The first-order valence-corrected chi connectivity index (χ1v) is 18.2. The second kappa shape index (κ2) is 22.4. The van der Waals surface area contributed by atoms with Crippen LogP contribution in [0.2, 0.25) is 0 Å². The quantitative estimate of drug-likeness (QED) is 0.138. The number of amides is 2. The van der Waals surface area contributed by atoms with Crippen LogP contribution in [0.25, 0.3) is 0 Å². The highest BCUT2D eigenvalue weighted by molar-refractivity contribution is 6.33. The highest BCUT2D eigenvalue weighted by atomic mass is 16.6. The van der Waals surface area contributed by atoms with Crippen LogP contribution < -0.4 is 20.1 Å². The van der Waals surface area contributed by atoms with E-state index in [1.165, 1.54) is 0 Å². The summed E-state index contributed by atoms with van der Waals surface area (Å²) >= 11 is 0. The van der Waals surface area contributed by atoms with E-state index in [1.54, 1.807) is 86.6 Å². The van der Waals surface area contributed by atoms with Crippen LogP contribution in [0, 0.1) is 5.41 Å². The number of carbonyl (C=O) groups is 6. The van der Waals surface area contributed by atoms with E-state index in [4.69, 9.17) is 28.4 Å². The molecule has 14 nitrogen and oxygen atoms in total. The molecule has 0 atom stereocenters. The van der Waals surface area contributed by atoms with Crippen LogP contribution in [0.1, 0.15) is 131 Å². The lowest BCUT2D eigenvalue weighted by Gasteiger charge is -2.21. The summed E-state index contributed by atoms with van der Waals surface area (Å²) in [5.74, 6) is -1.45. The summed E-state index contributed by atoms with van der Waals surface area (Å²) in [7, 11) is 0. The molecule has 2 N–H and O–H groups in total. The zero-order valence-electron chi connectivity index (χ0n) is 36.7. The number of benzene rings is 1. The topological polar surface area (TPSA) is 182 Å². The fourth-order valence-corrected chi connectivity index (χ4v) is 3.69.